The second-order valence-corrected chi connectivity index (χ2v) is 4.26. The second-order valence-electron chi connectivity index (χ2n) is 4.26. The molecule has 0 radical (unpaired) electrons. The fraction of sp³-hybridized carbons (Fsp3) is 0.500. The number of carbonyl (C=O) groups excluding carboxylic acids is 1. The van der Waals surface area contributed by atoms with Crippen LogP contribution in [0.15, 0.2) is 18.3 Å². The predicted octanol–water partition coefficient (Wildman–Crippen LogP) is 1.09. The topological polar surface area (TPSA) is 71.2 Å². The number of anilines is 2. The lowest BCUT2D eigenvalue weighted by Crippen LogP contribution is -2.39. The van der Waals surface area contributed by atoms with Crippen molar-refractivity contribution in [3.05, 3.63) is 18.3 Å². The first-order chi connectivity index (χ1) is 8.25. The van der Waals surface area contributed by atoms with Crippen LogP contribution in [0.1, 0.15) is 19.3 Å². The van der Waals surface area contributed by atoms with Crippen molar-refractivity contribution in [1.82, 2.24) is 9.88 Å². The molecule has 1 fully saturated rings. The summed E-state index contributed by atoms with van der Waals surface area (Å²) in [5.41, 5.74) is 6.40. The van der Waals surface area contributed by atoms with Crippen LogP contribution in [-0.4, -0.2) is 35.4 Å². The van der Waals surface area contributed by atoms with Gasteiger partial charge in [0.1, 0.15) is 5.82 Å². The van der Waals surface area contributed by atoms with Crippen LogP contribution in [0.25, 0.3) is 0 Å². The van der Waals surface area contributed by atoms with Crippen LogP contribution in [0.5, 0.6) is 0 Å². The van der Waals surface area contributed by atoms with Gasteiger partial charge in [0, 0.05) is 31.0 Å². The third kappa shape index (κ3) is 3.34. The number of hydrogen-bond donors (Lipinski definition) is 2. The standard InChI is InChI=1S/C12H18N4O/c13-11-8-10(4-5-14-11)15-9-12(17)16-6-2-1-3-7-16/h4-5,8H,1-3,6-7,9H2,(H3,13,14,15). The smallest absolute Gasteiger partial charge is 0.241 e. The highest BCUT2D eigenvalue weighted by atomic mass is 16.2. The predicted molar refractivity (Wildman–Crippen MR) is 67.6 cm³/mol. The lowest BCUT2D eigenvalue weighted by molar-refractivity contribution is -0.130. The number of nitrogens with zero attached hydrogens (tertiary/aromatic N) is 2. The normalized spacial score (nSPS) is 15.6. The maximum atomic E-state index is 11.9. The molecule has 2 rings (SSSR count). The average Bonchev–Trinajstić information content (AvgIpc) is 2.37. The molecular formula is C12H18N4O. The summed E-state index contributed by atoms with van der Waals surface area (Å²) in [5.74, 6) is 0.612. The Bertz CT molecular complexity index is 388. The first kappa shape index (κ1) is 11.7. The molecule has 0 aromatic carbocycles. The van der Waals surface area contributed by atoms with Crippen LogP contribution in [0.3, 0.4) is 0 Å². The molecule has 1 aliphatic rings. The highest BCUT2D eigenvalue weighted by molar-refractivity contribution is 5.81. The number of rotatable bonds is 3. The lowest BCUT2D eigenvalue weighted by Gasteiger charge is -2.26. The number of nitrogens with one attached hydrogen (secondary N) is 1. The molecule has 2 heterocycles. The Hall–Kier alpha value is -1.78. The molecule has 0 spiro atoms. The van der Waals surface area contributed by atoms with Crippen molar-refractivity contribution in [2.45, 2.75) is 19.3 Å². The summed E-state index contributed by atoms with van der Waals surface area (Å²) in [6.45, 7) is 2.10. The van der Waals surface area contributed by atoms with Gasteiger partial charge < -0.3 is 16.0 Å². The Morgan fingerprint density at radius 3 is 2.88 bits per heavy atom. The Morgan fingerprint density at radius 2 is 2.18 bits per heavy atom. The van der Waals surface area contributed by atoms with Crippen molar-refractivity contribution in [3.63, 3.8) is 0 Å². The number of piperidine rings is 1. The van der Waals surface area contributed by atoms with E-state index in [4.69, 9.17) is 5.73 Å². The number of aromatic nitrogens is 1. The summed E-state index contributed by atoms with van der Waals surface area (Å²) in [4.78, 5) is 17.7. The molecule has 1 amide bonds. The van der Waals surface area contributed by atoms with Crippen molar-refractivity contribution in [1.29, 1.82) is 0 Å². The zero-order chi connectivity index (χ0) is 12.1. The molecule has 0 unspecified atom stereocenters. The van der Waals surface area contributed by atoms with Crippen molar-refractivity contribution < 1.29 is 4.79 Å². The SMILES string of the molecule is Nc1cc(NCC(=O)N2CCCCC2)ccn1. The molecular weight excluding hydrogens is 216 g/mol. The molecule has 1 aromatic rings. The summed E-state index contributed by atoms with van der Waals surface area (Å²) in [7, 11) is 0. The summed E-state index contributed by atoms with van der Waals surface area (Å²) < 4.78 is 0. The van der Waals surface area contributed by atoms with Gasteiger partial charge in [-0.2, -0.15) is 0 Å². The monoisotopic (exact) mass is 234 g/mol. The summed E-state index contributed by atoms with van der Waals surface area (Å²) in [6.07, 6.45) is 5.10. The van der Waals surface area contributed by atoms with Crippen LogP contribution in [-0.2, 0) is 4.79 Å². The molecule has 1 aliphatic heterocycles. The molecule has 0 bridgehead atoms. The van der Waals surface area contributed by atoms with Crippen LogP contribution >= 0.6 is 0 Å². The van der Waals surface area contributed by atoms with E-state index in [1.165, 1.54) is 6.42 Å². The number of hydrogen-bond acceptors (Lipinski definition) is 4. The van der Waals surface area contributed by atoms with E-state index < -0.39 is 0 Å². The Labute approximate surface area is 101 Å². The molecule has 0 aliphatic carbocycles. The maximum Gasteiger partial charge on any atom is 0.241 e. The van der Waals surface area contributed by atoms with Gasteiger partial charge in [-0.25, -0.2) is 4.98 Å². The highest BCUT2D eigenvalue weighted by Crippen LogP contribution is 2.11. The fourth-order valence-corrected chi connectivity index (χ4v) is 1.99. The van der Waals surface area contributed by atoms with E-state index in [9.17, 15) is 4.79 Å². The second kappa shape index (κ2) is 5.52. The van der Waals surface area contributed by atoms with E-state index in [-0.39, 0.29) is 5.91 Å². The summed E-state index contributed by atoms with van der Waals surface area (Å²) in [6, 6.07) is 3.53. The minimum atomic E-state index is 0.153. The van der Waals surface area contributed by atoms with Gasteiger partial charge >= 0.3 is 0 Å². The van der Waals surface area contributed by atoms with Gasteiger partial charge in [0.25, 0.3) is 0 Å². The molecule has 5 nitrogen and oxygen atoms in total. The fourth-order valence-electron chi connectivity index (χ4n) is 1.99. The molecule has 17 heavy (non-hydrogen) atoms. The van der Waals surface area contributed by atoms with Crippen molar-refractivity contribution in [2.24, 2.45) is 0 Å². The molecule has 1 aromatic heterocycles. The van der Waals surface area contributed by atoms with Gasteiger partial charge in [0.05, 0.1) is 6.54 Å². The molecule has 0 saturated carbocycles. The number of carbonyl (C=O) groups is 1. The van der Waals surface area contributed by atoms with E-state index in [0.717, 1.165) is 31.6 Å². The van der Waals surface area contributed by atoms with E-state index in [2.05, 4.69) is 10.3 Å². The Balaban J connectivity index is 1.83. The van der Waals surface area contributed by atoms with Crippen LogP contribution in [0, 0.1) is 0 Å². The molecule has 0 atom stereocenters. The lowest BCUT2D eigenvalue weighted by atomic mass is 10.1. The zero-order valence-electron chi connectivity index (χ0n) is 9.85. The number of pyridine rings is 1. The van der Waals surface area contributed by atoms with Crippen LogP contribution < -0.4 is 11.1 Å². The van der Waals surface area contributed by atoms with Gasteiger partial charge in [0.2, 0.25) is 5.91 Å². The van der Waals surface area contributed by atoms with Crippen molar-refractivity contribution in [2.75, 3.05) is 30.7 Å². The largest absolute Gasteiger partial charge is 0.384 e. The third-order valence-corrected chi connectivity index (χ3v) is 2.93. The summed E-state index contributed by atoms with van der Waals surface area (Å²) in [5, 5.41) is 3.07. The van der Waals surface area contributed by atoms with E-state index in [0.29, 0.717) is 12.4 Å². The highest BCUT2D eigenvalue weighted by Gasteiger charge is 2.15. The van der Waals surface area contributed by atoms with Crippen molar-refractivity contribution in [3.8, 4) is 0 Å². The maximum absolute atomic E-state index is 11.9. The number of amides is 1. The Morgan fingerprint density at radius 1 is 1.41 bits per heavy atom. The quantitative estimate of drug-likeness (QED) is 0.821. The van der Waals surface area contributed by atoms with Crippen LogP contribution in [0.2, 0.25) is 0 Å². The van der Waals surface area contributed by atoms with Gasteiger partial charge in [-0.3, -0.25) is 4.79 Å². The van der Waals surface area contributed by atoms with Gasteiger partial charge in [-0.15, -0.1) is 0 Å². The first-order valence-corrected chi connectivity index (χ1v) is 5.99. The van der Waals surface area contributed by atoms with Crippen molar-refractivity contribution >= 4 is 17.4 Å². The average molecular weight is 234 g/mol. The molecule has 3 N–H and O–H groups in total. The van der Waals surface area contributed by atoms with Gasteiger partial charge in [-0.05, 0) is 25.3 Å². The molecule has 92 valence electrons. The molecule has 5 heteroatoms. The number of likely N-dealkylation sites (tertiary alicyclic amines) is 1. The van der Waals surface area contributed by atoms with Gasteiger partial charge in [0.15, 0.2) is 0 Å². The van der Waals surface area contributed by atoms with E-state index >= 15 is 0 Å². The third-order valence-electron chi connectivity index (χ3n) is 2.93. The Kier molecular flexibility index (Phi) is 3.80. The number of nitrogens with two attached hydrogens (primary N) is 1. The van der Waals surface area contributed by atoms with E-state index in [1.807, 2.05) is 4.90 Å². The minimum Gasteiger partial charge on any atom is -0.384 e. The first-order valence-electron chi connectivity index (χ1n) is 5.99. The minimum absolute atomic E-state index is 0.153. The van der Waals surface area contributed by atoms with Gasteiger partial charge in [-0.1, -0.05) is 0 Å². The van der Waals surface area contributed by atoms with Crippen LogP contribution in [0.4, 0.5) is 11.5 Å². The molecule has 1 saturated heterocycles. The number of nitrogen functional groups attached to an aromatic ring is 1. The summed E-state index contributed by atoms with van der Waals surface area (Å²) >= 11 is 0. The zero-order valence-corrected chi connectivity index (χ0v) is 9.85. The van der Waals surface area contributed by atoms with E-state index in [1.54, 1.807) is 18.3 Å².